The zero-order valence-corrected chi connectivity index (χ0v) is 9.70. The molecule has 1 aliphatic heterocycles. The molecular formula is C10H15N3O2S. The van der Waals surface area contributed by atoms with Gasteiger partial charge in [-0.3, -0.25) is 4.79 Å². The summed E-state index contributed by atoms with van der Waals surface area (Å²) in [5, 5.41) is 5.61. The van der Waals surface area contributed by atoms with Crippen molar-refractivity contribution in [1.29, 1.82) is 0 Å². The lowest BCUT2D eigenvalue weighted by molar-refractivity contribution is -0.132. The summed E-state index contributed by atoms with van der Waals surface area (Å²) in [6.07, 6.45) is 3.05. The molecule has 88 valence electrons. The van der Waals surface area contributed by atoms with Crippen LogP contribution in [0.4, 0.5) is 0 Å². The lowest BCUT2D eigenvalue weighted by atomic mass is 10.2. The van der Waals surface area contributed by atoms with Crippen molar-refractivity contribution in [3.05, 3.63) is 16.6 Å². The molecule has 1 fully saturated rings. The minimum atomic E-state index is -0.339. The number of hydrogen-bond acceptors (Lipinski definition) is 5. The third-order valence-corrected chi connectivity index (χ3v) is 3.34. The van der Waals surface area contributed by atoms with E-state index in [1.54, 1.807) is 6.20 Å². The fraction of sp³-hybridized carbons (Fsp3) is 0.600. The van der Waals surface area contributed by atoms with Crippen LogP contribution in [0.15, 0.2) is 11.6 Å². The van der Waals surface area contributed by atoms with E-state index in [1.165, 1.54) is 11.3 Å². The first-order valence-electron chi connectivity index (χ1n) is 5.31. The predicted octanol–water partition coefficient (Wildman–Crippen LogP) is 0.266. The molecule has 0 aromatic carbocycles. The molecule has 1 aliphatic rings. The van der Waals surface area contributed by atoms with Crippen LogP contribution in [0.5, 0.6) is 0 Å². The molecule has 0 unspecified atom stereocenters. The average molecular weight is 241 g/mol. The molecule has 1 saturated heterocycles. The first-order chi connectivity index (χ1) is 7.79. The smallest absolute Gasteiger partial charge is 0.249 e. The van der Waals surface area contributed by atoms with Gasteiger partial charge in [0.15, 0.2) is 0 Å². The fourth-order valence-corrected chi connectivity index (χ4v) is 2.24. The van der Waals surface area contributed by atoms with Crippen LogP contribution in [-0.2, 0) is 16.1 Å². The topological polar surface area (TPSA) is 77.2 Å². The number of ether oxygens (including phenoxy) is 1. The number of thiazole rings is 1. The lowest BCUT2D eigenvalue weighted by Gasteiger charge is -2.11. The number of nitrogens with two attached hydrogens (primary N) is 1. The molecule has 0 saturated carbocycles. The van der Waals surface area contributed by atoms with Crippen LogP contribution in [0.3, 0.4) is 0 Å². The Balaban J connectivity index is 1.76. The Morgan fingerprint density at radius 3 is 3.19 bits per heavy atom. The van der Waals surface area contributed by atoms with Crippen molar-refractivity contribution in [2.24, 2.45) is 5.73 Å². The van der Waals surface area contributed by atoms with Gasteiger partial charge >= 0.3 is 0 Å². The molecule has 1 amide bonds. The summed E-state index contributed by atoms with van der Waals surface area (Å²) in [5.41, 5.74) is 5.48. The van der Waals surface area contributed by atoms with Crippen LogP contribution in [-0.4, -0.2) is 29.6 Å². The van der Waals surface area contributed by atoms with E-state index in [1.807, 2.05) is 5.38 Å². The van der Waals surface area contributed by atoms with Gasteiger partial charge in [0.25, 0.3) is 0 Å². The van der Waals surface area contributed by atoms with Crippen molar-refractivity contribution in [3.63, 3.8) is 0 Å². The highest BCUT2D eigenvalue weighted by molar-refractivity contribution is 7.09. The van der Waals surface area contributed by atoms with Gasteiger partial charge in [-0.2, -0.15) is 0 Å². The summed E-state index contributed by atoms with van der Waals surface area (Å²) in [4.78, 5) is 15.8. The standard InChI is InChI=1S/C10H15N3O2S/c11-5-7-1-2-8(15-7)10(14)13-6-9-12-3-4-16-9/h3-4,7-8H,1-2,5-6,11H2,(H,13,14)/t7-,8+/m1/s1. The molecule has 2 rings (SSSR count). The van der Waals surface area contributed by atoms with E-state index in [-0.39, 0.29) is 18.1 Å². The van der Waals surface area contributed by atoms with E-state index in [4.69, 9.17) is 10.5 Å². The minimum Gasteiger partial charge on any atom is -0.364 e. The number of hydrogen-bond donors (Lipinski definition) is 2. The van der Waals surface area contributed by atoms with Gasteiger partial charge in [0.05, 0.1) is 12.6 Å². The van der Waals surface area contributed by atoms with E-state index < -0.39 is 0 Å². The van der Waals surface area contributed by atoms with E-state index in [2.05, 4.69) is 10.3 Å². The van der Waals surface area contributed by atoms with Crippen molar-refractivity contribution in [3.8, 4) is 0 Å². The second kappa shape index (κ2) is 5.38. The van der Waals surface area contributed by atoms with Crippen LogP contribution in [0.2, 0.25) is 0 Å². The molecule has 0 bridgehead atoms. The maximum atomic E-state index is 11.7. The third kappa shape index (κ3) is 2.78. The van der Waals surface area contributed by atoms with E-state index >= 15 is 0 Å². The third-order valence-electron chi connectivity index (χ3n) is 2.56. The number of nitrogens with one attached hydrogen (secondary N) is 1. The van der Waals surface area contributed by atoms with Gasteiger partial charge in [0.1, 0.15) is 11.1 Å². The highest BCUT2D eigenvalue weighted by atomic mass is 32.1. The van der Waals surface area contributed by atoms with Crippen LogP contribution < -0.4 is 11.1 Å². The molecule has 2 heterocycles. The Bertz CT molecular complexity index is 342. The highest BCUT2D eigenvalue weighted by Crippen LogP contribution is 2.18. The zero-order valence-electron chi connectivity index (χ0n) is 8.89. The molecule has 0 radical (unpaired) electrons. The van der Waals surface area contributed by atoms with E-state index in [9.17, 15) is 4.79 Å². The molecule has 6 heteroatoms. The molecule has 0 aliphatic carbocycles. The van der Waals surface area contributed by atoms with Crippen molar-refractivity contribution in [2.75, 3.05) is 6.54 Å². The van der Waals surface area contributed by atoms with E-state index in [0.29, 0.717) is 13.1 Å². The number of carbonyl (C=O) groups is 1. The van der Waals surface area contributed by atoms with Gasteiger partial charge in [-0.05, 0) is 12.8 Å². The maximum absolute atomic E-state index is 11.7. The number of aromatic nitrogens is 1. The first-order valence-corrected chi connectivity index (χ1v) is 6.19. The van der Waals surface area contributed by atoms with Gasteiger partial charge < -0.3 is 15.8 Å². The van der Waals surface area contributed by atoms with Crippen LogP contribution in [0.25, 0.3) is 0 Å². The Kier molecular flexibility index (Phi) is 3.87. The normalized spacial score (nSPS) is 24.6. The number of amides is 1. The Morgan fingerprint density at radius 2 is 2.56 bits per heavy atom. The Hall–Kier alpha value is -0.980. The molecule has 5 nitrogen and oxygen atoms in total. The molecule has 16 heavy (non-hydrogen) atoms. The summed E-state index contributed by atoms with van der Waals surface area (Å²) in [6.45, 7) is 0.958. The monoisotopic (exact) mass is 241 g/mol. The van der Waals surface area contributed by atoms with Gasteiger partial charge in [-0.15, -0.1) is 11.3 Å². The quantitative estimate of drug-likeness (QED) is 0.793. The lowest BCUT2D eigenvalue weighted by Crippen LogP contribution is -2.35. The summed E-state index contributed by atoms with van der Waals surface area (Å²) >= 11 is 1.53. The summed E-state index contributed by atoms with van der Waals surface area (Å²) in [6, 6.07) is 0. The Labute approximate surface area is 98.0 Å². The molecule has 1 aromatic heterocycles. The number of nitrogens with zero attached hydrogens (tertiary/aromatic N) is 1. The molecule has 3 N–H and O–H groups in total. The van der Waals surface area contributed by atoms with Crippen molar-refractivity contribution in [1.82, 2.24) is 10.3 Å². The zero-order chi connectivity index (χ0) is 11.4. The van der Waals surface area contributed by atoms with Gasteiger partial charge in [-0.25, -0.2) is 4.98 Å². The SMILES string of the molecule is NC[C@H]1CC[C@@H](C(=O)NCc2nccs2)O1. The second-order valence-electron chi connectivity index (χ2n) is 3.70. The summed E-state index contributed by atoms with van der Waals surface area (Å²) in [5.74, 6) is -0.0637. The van der Waals surface area contributed by atoms with Crippen LogP contribution >= 0.6 is 11.3 Å². The first kappa shape index (κ1) is 11.5. The van der Waals surface area contributed by atoms with Crippen LogP contribution in [0, 0.1) is 0 Å². The second-order valence-corrected chi connectivity index (χ2v) is 4.68. The number of carbonyl (C=O) groups excluding carboxylic acids is 1. The predicted molar refractivity (Wildman–Crippen MR) is 60.9 cm³/mol. The van der Waals surface area contributed by atoms with Crippen molar-refractivity contribution < 1.29 is 9.53 Å². The molecule has 0 spiro atoms. The highest BCUT2D eigenvalue weighted by Gasteiger charge is 2.29. The minimum absolute atomic E-state index is 0.0376. The molecule has 2 atom stereocenters. The average Bonchev–Trinajstić information content (AvgIpc) is 2.96. The van der Waals surface area contributed by atoms with Crippen molar-refractivity contribution in [2.45, 2.75) is 31.6 Å². The molecule has 1 aromatic rings. The Morgan fingerprint density at radius 1 is 1.69 bits per heavy atom. The fourth-order valence-electron chi connectivity index (χ4n) is 1.69. The van der Waals surface area contributed by atoms with Crippen LogP contribution in [0.1, 0.15) is 17.8 Å². The largest absolute Gasteiger partial charge is 0.364 e. The molecular weight excluding hydrogens is 226 g/mol. The summed E-state index contributed by atoms with van der Waals surface area (Å²) in [7, 11) is 0. The van der Waals surface area contributed by atoms with Gasteiger partial charge in [0.2, 0.25) is 5.91 Å². The van der Waals surface area contributed by atoms with Gasteiger partial charge in [-0.1, -0.05) is 0 Å². The number of rotatable bonds is 4. The maximum Gasteiger partial charge on any atom is 0.249 e. The van der Waals surface area contributed by atoms with Crippen molar-refractivity contribution >= 4 is 17.2 Å². The summed E-state index contributed by atoms with van der Waals surface area (Å²) < 4.78 is 5.49. The van der Waals surface area contributed by atoms with Gasteiger partial charge in [0, 0.05) is 18.1 Å². The van der Waals surface area contributed by atoms with E-state index in [0.717, 1.165) is 17.8 Å².